The summed E-state index contributed by atoms with van der Waals surface area (Å²) in [5.41, 5.74) is 0.552. The van der Waals surface area contributed by atoms with Crippen molar-refractivity contribution in [1.82, 2.24) is 14.9 Å². The Hall–Kier alpha value is -1.37. The van der Waals surface area contributed by atoms with Gasteiger partial charge < -0.3 is 4.90 Å². The van der Waals surface area contributed by atoms with Crippen LogP contribution < -0.4 is 0 Å². The molecule has 0 atom stereocenters. The van der Waals surface area contributed by atoms with Crippen molar-refractivity contribution >= 4 is 17.5 Å². The number of nitrogens with zero attached hydrogens (tertiary/aromatic N) is 3. The highest BCUT2D eigenvalue weighted by Crippen LogP contribution is 2.30. The molecule has 1 amide bonds. The Morgan fingerprint density at radius 3 is 2.65 bits per heavy atom. The number of likely N-dealkylation sites (tertiary alicyclic amines) is 1. The van der Waals surface area contributed by atoms with Gasteiger partial charge in [0.15, 0.2) is 0 Å². The van der Waals surface area contributed by atoms with Crippen LogP contribution in [-0.4, -0.2) is 40.0 Å². The normalized spacial score (nSPS) is 16.8. The lowest BCUT2D eigenvalue weighted by Gasteiger charge is -2.38. The van der Waals surface area contributed by atoms with E-state index in [2.05, 4.69) is 9.97 Å². The fraction of sp³-hybridized carbons (Fsp3) is 0.444. The topological polar surface area (TPSA) is 46.1 Å². The van der Waals surface area contributed by atoms with Crippen LogP contribution in [0.15, 0.2) is 12.3 Å². The maximum Gasteiger partial charge on any atom is 0.471 e. The van der Waals surface area contributed by atoms with Crippen LogP contribution in [0.4, 0.5) is 13.2 Å². The molecule has 0 saturated carbocycles. The second-order valence-corrected chi connectivity index (χ2v) is 3.99. The summed E-state index contributed by atoms with van der Waals surface area (Å²) < 4.78 is 36.2. The second kappa shape index (κ2) is 4.14. The largest absolute Gasteiger partial charge is 0.471 e. The number of carbonyl (C=O) groups is 1. The first kappa shape index (κ1) is 12.1. The van der Waals surface area contributed by atoms with Crippen LogP contribution in [0.2, 0.25) is 5.28 Å². The van der Waals surface area contributed by atoms with Gasteiger partial charge in [-0.25, -0.2) is 9.97 Å². The zero-order valence-corrected chi connectivity index (χ0v) is 9.16. The number of hydrogen-bond donors (Lipinski definition) is 0. The van der Waals surface area contributed by atoms with Crippen molar-refractivity contribution in [2.24, 2.45) is 0 Å². The molecule has 0 aromatic carbocycles. The first-order valence-corrected chi connectivity index (χ1v) is 5.10. The Balaban J connectivity index is 1.98. The molecule has 0 unspecified atom stereocenters. The van der Waals surface area contributed by atoms with Gasteiger partial charge in [0.05, 0.1) is 5.69 Å². The molecule has 4 nitrogen and oxygen atoms in total. The summed E-state index contributed by atoms with van der Waals surface area (Å²) >= 11 is 5.56. The fourth-order valence-electron chi connectivity index (χ4n) is 1.59. The third-order valence-corrected chi connectivity index (χ3v) is 2.66. The zero-order valence-electron chi connectivity index (χ0n) is 8.41. The first-order chi connectivity index (χ1) is 7.88. The number of amides is 1. The van der Waals surface area contributed by atoms with E-state index >= 15 is 0 Å². The van der Waals surface area contributed by atoms with Gasteiger partial charge in [0, 0.05) is 25.2 Å². The monoisotopic (exact) mass is 265 g/mol. The predicted octanol–water partition coefficient (Wildman–Crippen LogP) is 1.62. The van der Waals surface area contributed by atoms with Crippen LogP contribution in [0.25, 0.3) is 0 Å². The first-order valence-electron chi connectivity index (χ1n) is 4.72. The SMILES string of the molecule is O=C(N1CC(c2ccnc(Cl)n2)C1)C(F)(F)F. The number of rotatable bonds is 1. The molecular formula is C9H7ClF3N3O. The number of halogens is 4. The Morgan fingerprint density at radius 2 is 2.12 bits per heavy atom. The summed E-state index contributed by atoms with van der Waals surface area (Å²) in [6, 6.07) is 1.58. The van der Waals surface area contributed by atoms with E-state index in [0.29, 0.717) is 5.69 Å². The minimum absolute atomic E-state index is 0.00564. The van der Waals surface area contributed by atoms with Crippen molar-refractivity contribution in [3.05, 3.63) is 23.2 Å². The number of aromatic nitrogens is 2. The lowest BCUT2D eigenvalue weighted by atomic mass is 9.96. The van der Waals surface area contributed by atoms with Crippen LogP contribution in [0.3, 0.4) is 0 Å². The van der Waals surface area contributed by atoms with Crippen LogP contribution in [0.1, 0.15) is 11.6 Å². The smallest absolute Gasteiger partial charge is 0.333 e. The molecule has 0 radical (unpaired) electrons. The molecule has 17 heavy (non-hydrogen) atoms. The van der Waals surface area contributed by atoms with E-state index in [1.807, 2.05) is 0 Å². The van der Waals surface area contributed by atoms with Gasteiger partial charge in [0.1, 0.15) is 0 Å². The molecule has 1 aromatic rings. The van der Waals surface area contributed by atoms with Gasteiger partial charge >= 0.3 is 12.1 Å². The Morgan fingerprint density at radius 1 is 1.47 bits per heavy atom. The van der Waals surface area contributed by atoms with Gasteiger partial charge in [-0.3, -0.25) is 4.79 Å². The molecule has 0 aliphatic carbocycles. The van der Waals surface area contributed by atoms with E-state index in [-0.39, 0.29) is 24.3 Å². The van der Waals surface area contributed by atoms with E-state index in [1.165, 1.54) is 6.20 Å². The molecule has 0 bridgehead atoms. The molecule has 2 rings (SSSR count). The lowest BCUT2D eigenvalue weighted by molar-refractivity contribution is -0.189. The maximum atomic E-state index is 12.1. The van der Waals surface area contributed by atoms with Gasteiger partial charge in [-0.15, -0.1) is 0 Å². The number of hydrogen-bond acceptors (Lipinski definition) is 3. The van der Waals surface area contributed by atoms with Gasteiger partial charge in [-0.2, -0.15) is 13.2 Å². The van der Waals surface area contributed by atoms with Gasteiger partial charge in [0.2, 0.25) is 5.28 Å². The molecule has 92 valence electrons. The van der Waals surface area contributed by atoms with Crippen LogP contribution in [-0.2, 0) is 4.79 Å². The molecule has 1 saturated heterocycles. The Bertz CT molecular complexity index is 445. The highest BCUT2D eigenvalue weighted by atomic mass is 35.5. The molecule has 2 heterocycles. The fourth-order valence-corrected chi connectivity index (χ4v) is 1.74. The van der Waals surface area contributed by atoms with Gasteiger partial charge in [-0.1, -0.05) is 0 Å². The van der Waals surface area contributed by atoms with Crippen molar-refractivity contribution in [1.29, 1.82) is 0 Å². The average molecular weight is 266 g/mol. The summed E-state index contributed by atoms with van der Waals surface area (Å²) in [6.07, 6.45) is -3.38. The molecule has 1 aliphatic rings. The summed E-state index contributed by atoms with van der Waals surface area (Å²) in [4.78, 5) is 19.1. The average Bonchev–Trinajstić information content (AvgIpc) is 2.13. The van der Waals surface area contributed by atoms with Crippen LogP contribution >= 0.6 is 11.6 Å². The molecule has 1 aromatic heterocycles. The molecule has 0 N–H and O–H groups in total. The summed E-state index contributed by atoms with van der Waals surface area (Å²) in [5.74, 6) is -2.02. The highest BCUT2D eigenvalue weighted by molar-refractivity contribution is 6.28. The molecule has 1 fully saturated rings. The summed E-state index contributed by atoms with van der Waals surface area (Å²) in [7, 11) is 0. The molecular weight excluding hydrogens is 259 g/mol. The van der Waals surface area contributed by atoms with Crippen molar-refractivity contribution in [3.8, 4) is 0 Å². The van der Waals surface area contributed by atoms with Crippen molar-refractivity contribution in [2.75, 3.05) is 13.1 Å². The predicted molar refractivity (Wildman–Crippen MR) is 52.4 cm³/mol. The standard InChI is InChI=1S/C9H7ClF3N3O/c10-8-14-2-1-6(15-8)5-3-16(4-5)7(17)9(11,12)13/h1-2,5H,3-4H2. The van der Waals surface area contributed by atoms with E-state index in [1.54, 1.807) is 6.07 Å². The number of carbonyl (C=O) groups excluding carboxylic acids is 1. The Labute approximate surface area is 99.4 Å². The van der Waals surface area contributed by atoms with E-state index in [4.69, 9.17) is 11.6 Å². The lowest BCUT2D eigenvalue weighted by Crippen LogP contribution is -2.53. The van der Waals surface area contributed by atoms with Crippen molar-refractivity contribution < 1.29 is 18.0 Å². The molecule has 0 spiro atoms. The minimum atomic E-state index is -4.81. The second-order valence-electron chi connectivity index (χ2n) is 3.66. The summed E-state index contributed by atoms with van der Waals surface area (Å²) in [6.45, 7) is 0.0113. The molecule has 8 heteroatoms. The van der Waals surface area contributed by atoms with E-state index < -0.39 is 12.1 Å². The minimum Gasteiger partial charge on any atom is -0.333 e. The van der Waals surface area contributed by atoms with Crippen molar-refractivity contribution in [2.45, 2.75) is 12.1 Å². The maximum absolute atomic E-state index is 12.1. The van der Waals surface area contributed by atoms with Crippen LogP contribution in [0.5, 0.6) is 0 Å². The quantitative estimate of drug-likeness (QED) is 0.725. The van der Waals surface area contributed by atoms with E-state index in [9.17, 15) is 18.0 Å². The third kappa shape index (κ3) is 2.49. The van der Waals surface area contributed by atoms with Gasteiger partial charge in [-0.05, 0) is 17.7 Å². The third-order valence-electron chi connectivity index (χ3n) is 2.48. The zero-order chi connectivity index (χ0) is 12.6. The van der Waals surface area contributed by atoms with E-state index in [0.717, 1.165) is 4.90 Å². The Kier molecular flexibility index (Phi) is 2.94. The van der Waals surface area contributed by atoms with Gasteiger partial charge in [0.25, 0.3) is 0 Å². The summed E-state index contributed by atoms with van der Waals surface area (Å²) in [5, 5.41) is 0.0445. The highest BCUT2D eigenvalue weighted by Gasteiger charge is 2.47. The van der Waals surface area contributed by atoms with Crippen molar-refractivity contribution in [3.63, 3.8) is 0 Å². The van der Waals surface area contributed by atoms with Crippen LogP contribution in [0, 0.1) is 0 Å². The number of alkyl halides is 3. The molecule has 1 aliphatic heterocycles.